The van der Waals surface area contributed by atoms with Crippen LogP contribution in [-0.2, 0) is 6.42 Å². The van der Waals surface area contributed by atoms with Gasteiger partial charge in [0.15, 0.2) is 0 Å². The number of likely N-dealkylation sites (N-methyl/N-ethyl adjacent to an activating group) is 1. The second-order valence-corrected chi connectivity index (χ2v) is 5.53. The standard InChI is InChI=1S/C17H29N/c1-6-15(7-2)11-17(18-5)12-16-9-8-13(3)14(4)10-16/h8-10,15,17-18H,6-7,11-12H2,1-5H3. The molecule has 0 amide bonds. The Kier molecular flexibility index (Phi) is 6.42. The van der Waals surface area contributed by atoms with Gasteiger partial charge in [-0.15, -0.1) is 0 Å². The van der Waals surface area contributed by atoms with Crippen molar-refractivity contribution in [2.45, 2.75) is 59.4 Å². The minimum atomic E-state index is 0.608. The molecule has 0 bridgehead atoms. The summed E-state index contributed by atoms with van der Waals surface area (Å²) in [5.74, 6) is 0.856. The number of nitrogens with one attached hydrogen (secondary N) is 1. The minimum absolute atomic E-state index is 0.608. The summed E-state index contributed by atoms with van der Waals surface area (Å²) in [6.45, 7) is 8.99. The van der Waals surface area contributed by atoms with E-state index in [4.69, 9.17) is 0 Å². The lowest BCUT2D eigenvalue weighted by molar-refractivity contribution is 0.377. The summed E-state index contributed by atoms with van der Waals surface area (Å²) in [5, 5.41) is 3.48. The molecule has 0 spiro atoms. The molecule has 0 radical (unpaired) electrons. The molecule has 0 saturated carbocycles. The molecule has 0 saturated heterocycles. The van der Waals surface area contributed by atoms with Crippen LogP contribution in [0, 0.1) is 19.8 Å². The first-order valence-electron chi connectivity index (χ1n) is 7.34. The second kappa shape index (κ2) is 7.58. The zero-order chi connectivity index (χ0) is 13.5. The number of hydrogen-bond acceptors (Lipinski definition) is 1. The van der Waals surface area contributed by atoms with Crippen LogP contribution in [-0.4, -0.2) is 13.1 Å². The first kappa shape index (κ1) is 15.2. The SMILES string of the molecule is CCC(CC)CC(Cc1ccc(C)c(C)c1)NC. The molecule has 0 aliphatic carbocycles. The van der Waals surface area contributed by atoms with Gasteiger partial charge in [0.05, 0.1) is 0 Å². The Balaban J connectivity index is 2.64. The topological polar surface area (TPSA) is 12.0 Å². The van der Waals surface area contributed by atoms with Gasteiger partial charge in [-0.25, -0.2) is 0 Å². The van der Waals surface area contributed by atoms with E-state index in [0.29, 0.717) is 6.04 Å². The quantitative estimate of drug-likeness (QED) is 0.759. The summed E-state index contributed by atoms with van der Waals surface area (Å²) in [5.41, 5.74) is 4.26. The van der Waals surface area contributed by atoms with E-state index in [9.17, 15) is 0 Å². The van der Waals surface area contributed by atoms with Gasteiger partial charge in [-0.1, -0.05) is 44.9 Å². The second-order valence-electron chi connectivity index (χ2n) is 5.53. The first-order chi connectivity index (χ1) is 8.60. The van der Waals surface area contributed by atoms with Crippen molar-refractivity contribution in [2.24, 2.45) is 5.92 Å². The summed E-state index contributed by atoms with van der Waals surface area (Å²) in [6, 6.07) is 7.47. The molecule has 1 atom stereocenters. The fourth-order valence-corrected chi connectivity index (χ4v) is 2.54. The molecule has 1 unspecified atom stereocenters. The van der Waals surface area contributed by atoms with E-state index in [1.807, 2.05) is 0 Å². The van der Waals surface area contributed by atoms with Gasteiger partial charge in [-0.3, -0.25) is 0 Å². The number of aryl methyl sites for hydroxylation is 2. The largest absolute Gasteiger partial charge is 0.317 e. The lowest BCUT2D eigenvalue weighted by Crippen LogP contribution is -2.30. The van der Waals surface area contributed by atoms with Gasteiger partial charge in [-0.05, 0) is 56.3 Å². The van der Waals surface area contributed by atoms with Gasteiger partial charge in [0.1, 0.15) is 0 Å². The van der Waals surface area contributed by atoms with Crippen LogP contribution in [0.5, 0.6) is 0 Å². The lowest BCUT2D eigenvalue weighted by atomic mass is 9.91. The van der Waals surface area contributed by atoms with Crippen LogP contribution in [0.25, 0.3) is 0 Å². The van der Waals surface area contributed by atoms with Crippen molar-refractivity contribution in [3.8, 4) is 0 Å². The Labute approximate surface area is 113 Å². The molecule has 1 aromatic carbocycles. The summed E-state index contributed by atoms with van der Waals surface area (Å²) in [4.78, 5) is 0. The highest BCUT2D eigenvalue weighted by Gasteiger charge is 2.13. The molecule has 1 rings (SSSR count). The Morgan fingerprint density at radius 1 is 1.06 bits per heavy atom. The molecule has 1 nitrogen and oxygen atoms in total. The molecule has 0 aliphatic heterocycles. The molecule has 1 heteroatoms. The van der Waals surface area contributed by atoms with Gasteiger partial charge in [0.2, 0.25) is 0 Å². The summed E-state index contributed by atoms with van der Waals surface area (Å²) >= 11 is 0. The molecule has 18 heavy (non-hydrogen) atoms. The van der Waals surface area contributed by atoms with Crippen molar-refractivity contribution in [3.63, 3.8) is 0 Å². The van der Waals surface area contributed by atoms with Crippen LogP contribution in [0.15, 0.2) is 18.2 Å². The van der Waals surface area contributed by atoms with Crippen molar-refractivity contribution in [1.29, 1.82) is 0 Å². The van der Waals surface area contributed by atoms with Crippen molar-refractivity contribution >= 4 is 0 Å². The average molecular weight is 247 g/mol. The zero-order valence-electron chi connectivity index (χ0n) is 12.7. The molecule has 1 N–H and O–H groups in total. The Morgan fingerprint density at radius 2 is 1.72 bits per heavy atom. The first-order valence-corrected chi connectivity index (χ1v) is 7.34. The third-order valence-corrected chi connectivity index (χ3v) is 4.23. The number of rotatable bonds is 7. The molecule has 1 aromatic rings. The fraction of sp³-hybridized carbons (Fsp3) is 0.647. The molecule has 0 fully saturated rings. The molecular formula is C17H29N. The third kappa shape index (κ3) is 4.45. The van der Waals surface area contributed by atoms with Crippen molar-refractivity contribution < 1.29 is 0 Å². The normalized spacial score (nSPS) is 13.0. The van der Waals surface area contributed by atoms with Gasteiger partial charge < -0.3 is 5.32 Å². The van der Waals surface area contributed by atoms with E-state index in [-0.39, 0.29) is 0 Å². The van der Waals surface area contributed by atoms with E-state index < -0.39 is 0 Å². The highest BCUT2D eigenvalue weighted by molar-refractivity contribution is 5.30. The molecule has 0 aromatic heterocycles. The highest BCUT2D eigenvalue weighted by Crippen LogP contribution is 2.18. The molecule has 0 aliphatic rings. The van der Waals surface area contributed by atoms with Gasteiger partial charge in [-0.2, -0.15) is 0 Å². The van der Waals surface area contributed by atoms with Crippen LogP contribution >= 0.6 is 0 Å². The van der Waals surface area contributed by atoms with Crippen LogP contribution in [0.2, 0.25) is 0 Å². The van der Waals surface area contributed by atoms with Gasteiger partial charge >= 0.3 is 0 Å². The van der Waals surface area contributed by atoms with Crippen molar-refractivity contribution in [2.75, 3.05) is 7.05 Å². The van der Waals surface area contributed by atoms with E-state index in [1.165, 1.54) is 36.0 Å². The van der Waals surface area contributed by atoms with E-state index in [0.717, 1.165) is 12.3 Å². The number of benzene rings is 1. The maximum Gasteiger partial charge on any atom is 0.0107 e. The Bertz CT molecular complexity index is 353. The number of hydrogen-bond donors (Lipinski definition) is 1. The summed E-state index contributed by atoms with van der Waals surface area (Å²) in [7, 11) is 2.09. The highest BCUT2D eigenvalue weighted by atomic mass is 14.9. The third-order valence-electron chi connectivity index (χ3n) is 4.23. The van der Waals surface area contributed by atoms with Crippen molar-refractivity contribution in [3.05, 3.63) is 34.9 Å². The molecule has 0 heterocycles. The van der Waals surface area contributed by atoms with Gasteiger partial charge in [0.25, 0.3) is 0 Å². The Hall–Kier alpha value is -0.820. The average Bonchev–Trinajstić information content (AvgIpc) is 2.38. The molecule has 102 valence electrons. The smallest absolute Gasteiger partial charge is 0.0107 e. The minimum Gasteiger partial charge on any atom is -0.317 e. The Morgan fingerprint density at radius 3 is 2.22 bits per heavy atom. The maximum absolute atomic E-state index is 3.48. The van der Waals surface area contributed by atoms with E-state index >= 15 is 0 Å². The molecular weight excluding hydrogens is 218 g/mol. The van der Waals surface area contributed by atoms with Crippen molar-refractivity contribution in [1.82, 2.24) is 5.32 Å². The van der Waals surface area contributed by atoms with Gasteiger partial charge in [0, 0.05) is 6.04 Å². The lowest BCUT2D eigenvalue weighted by Gasteiger charge is -2.22. The fourth-order valence-electron chi connectivity index (χ4n) is 2.54. The van der Waals surface area contributed by atoms with E-state index in [2.05, 4.69) is 58.3 Å². The predicted octanol–water partition coefficient (Wildman–Crippen LogP) is 4.26. The van der Waals surface area contributed by atoms with Crippen LogP contribution in [0.4, 0.5) is 0 Å². The van der Waals surface area contributed by atoms with Crippen LogP contribution in [0.1, 0.15) is 49.8 Å². The monoisotopic (exact) mass is 247 g/mol. The summed E-state index contributed by atoms with van der Waals surface area (Å²) < 4.78 is 0. The van der Waals surface area contributed by atoms with Crippen LogP contribution in [0.3, 0.4) is 0 Å². The zero-order valence-corrected chi connectivity index (χ0v) is 12.7. The van der Waals surface area contributed by atoms with Crippen LogP contribution < -0.4 is 5.32 Å². The predicted molar refractivity (Wildman–Crippen MR) is 81.2 cm³/mol. The van der Waals surface area contributed by atoms with E-state index in [1.54, 1.807) is 0 Å². The summed E-state index contributed by atoms with van der Waals surface area (Å²) in [6.07, 6.45) is 5.02. The maximum atomic E-state index is 3.48.